The van der Waals surface area contributed by atoms with Crippen molar-refractivity contribution in [3.63, 3.8) is 0 Å². The predicted molar refractivity (Wildman–Crippen MR) is 381 cm³/mol. The smallest absolute Gasteiger partial charge is 0.119 e. The molecule has 0 radical (unpaired) electrons. The molecule has 7 aromatic heterocycles. The van der Waals surface area contributed by atoms with Gasteiger partial charge in [-0.2, -0.15) is 0 Å². The average molecular weight is 1270 g/mol. The Morgan fingerprint density at radius 3 is 0.771 bits per heavy atom. The first-order valence-electron chi connectivity index (χ1n) is 33.7. The largest absolute Gasteiger partial charge is 0.494 e. The second-order valence-corrected chi connectivity index (χ2v) is 24.0. The normalized spacial score (nSPS) is 11.7. The zero-order chi connectivity index (χ0) is 64.8. The maximum absolute atomic E-state index is 6.54. The van der Waals surface area contributed by atoms with Crippen molar-refractivity contribution in [2.45, 2.75) is 103 Å². The molecule has 9 heterocycles. The minimum Gasteiger partial charge on any atom is -0.494 e. The molecule has 0 atom stereocenters. The lowest BCUT2D eigenvalue weighted by Gasteiger charge is -2.11. The van der Waals surface area contributed by atoms with Gasteiger partial charge in [-0.25, -0.2) is 9.97 Å². The molecule has 0 spiro atoms. The zero-order valence-electron chi connectivity index (χ0n) is 54.0. The molecule has 11 aromatic rings. The molecule has 0 unspecified atom stereocenters. The van der Waals surface area contributed by atoms with Crippen molar-refractivity contribution in [2.75, 3.05) is 26.4 Å². The third-order valence-corrected chi connectivity index (χ3v) is 17.1. The van der Waals surface area contributed by atoms with Gasteiger partial charge in [-0.1, -0.05) is 48.5 Å². The van der Waals surface area contributed by atoms with Crippen LogP contribution in [0.5, 0.6) is 23.0 Å². The van der Waals surface area contributed by atoms with Crippen LogP contribution in [-0.4, -0.2) is 86.2 Å². The fourth-order valence-electron chi connectivity index (χ4n) is 12.3. The first-order valence-corrected chi connectivity index (χ1v) is 33.7. The van der Waals surface area contributed by atoms with E-state index >= 15 is 0 Å². The topological polar surface area (TPSA) is 197 Å². The molecule has 2 aliphatic rings. The number of aromatic amines is 2. The Labute approximate surface area is 560 Å². The molecular weight excluding hydrogens is 1190 g/mol. The highest BCUT2D eigenvalue weighted by Gasteiger charge is 2.21. The van der Waals surface area contributed by atoms with Crippen molar-refractivity contribution in [1.29, 1.82) is 0 Å². The van der Waals surface area contributed by atoms with Crippen molar-refractivity contribution < 1.29 is 18.9 Å². The summed E-state index contributed by atoms with van der Waals surface area (Å²) >= 11 is 0. The van der Waals surface area contributed by atoms with Gasteiger partial charge in [0.15, 0.2) is 0 Å². The number of nitrogens with one attached hydrogen (secondary N) is 2. The number of ether oxygens (including phenoxy) is 4. The van der Waals surface area contributed by atoms with Gasteiger partial charge in [-0.3, -0.25) is 39.9 Å². The van der Waals surface area contributed by atoms with Gasteiger partial charge in [0.2, 0.25) is 0 Å². The summed E-state index contributed by atoms with van der Waals surface area (Å²) in [4.78, 5) is 54.0. The highest BCUT2D eigenvalue weighted by atomic mass is 16.5. The summed E-state index contributed by atoms with van der Waals surface area (Å²) in [6.07, 6.45) is 45.0. The van der Waals surface area contributed by atoms with Gasteiger partial charge in [-0.05, 0) is 222 Å². The molecule has 96 heavy (non-hydrogen) atoms. The van der Waals surface area contributed by atoms with Crippen molar-refractivity contribution in [3.05, 3.63) is 241 Å². The second kappa shape index (κ2) is 32.7. The summed E-state index contributed by atoms with van der Waals surface area (Å²) in [7, 11) is 0. The van der Waals surface area contributed by atoms with E-state index in [0.29, 0.717) is 26.4 Å². The number of H-pyrrole nitrogens is 2. The van der Waals surface area contributed by atoms with Crippen LogP contribution in [0, 0.1) is 0 Å². The van der Waals surface area contributed by atoms with E-state index in [2.05, 4.69) is 171 Å². The summed E-state index contributed by atoms with van der Waals surface area (Å²) in [5, 5.41) is 0. The van der Waals surface area contributed by atoms with Crippen LogP contribution in [0.25, 0.3) is 90.9 Å². The quantitative estimate of drug-likeness (QED) is 0.0378. The number of aryl methyl sites for hydroxylation is 4. The monoisotopic (exact) mass is 1270 g/mol. The number of nitrogens with zero attached hydrogens (tertiary/aromatic N) is 10. The number of rotatable bonds is 32. The number of aromatic nitrogens is 12. The lowest BCUT2D eigenvalue weighted by atomic mass is 10.0. The summed E-state index contributed by atoms with van der Waals surface area (Å²) in [5.74, 6) is 3.13. The summed E-state index contributed by atoms with van der Waals surface area (Å²) in [6.45, 7) is 2.33. The lowest BCUT2D eigenvalue weighted by molar-refractivity contribution is 0.305. The number of hydrogen-bond donors (Lipinski definition) is 2. The molecule has 2 N–H and O–H groups in total. The van der Waals surface area contributed by atoms with Crippen molar-refractivity contribution in [1.82, 2.24) is 59.8 Å². The molecule has 0 saturated carbocycles. The number of fused-ring (bicyclic) bond motifs is 8. The summed E-state index contributed by atoms with van der Waals surface area (Å²) in [6, 6.07) is 42.1. The van der Waals surface area contributed by atoms with E-state index in [1.54, 1.807) is 49.6 Å². The van der Waals surface area contributed by atoms with Gasteiger partial charge in [0, 0.05) is 119 Å². The Morgan fingerprint density at radius 1 is 0.271 bits per heavy atom. The van der Waals surface area contributed by atoms with Crippen molar-refractivity contribution >= 4 is 46.4 Å². The second-order valence-electron chi connectivity index (χ2n) is 24.0. The first kappa shape index (κ1) is 63.7. The number of hydrogen-bond acceptors (Lipinski definition) is 14. The van der Waals surface area contributed by atoms with Crippen LogP contribution in [0.15, 0.2) is 196 Å². The standard InChI is InChI=1S/C80H78N12O4/c1(5-21-61-53-81-37-41-85-61)9-45-93-65-25-13-17-57(49-65)77-69-29-31-71(89-69)78(58-18-14-26-66(50-58)94-46-10-2-6-22-62-54-82-38-42-86-62)73-33-35-75(91-73)80(60-20-16-28-68(52-60)96-48-12-4-8-24-64-56-84-40-44-88-64)76-36-34-74(92-76)79(72-32-30-70(77)90-72)59-19-15-27-67(51-59)95-47-11-3-7-23-63-55-83-39-43-87-63/h13-20,25-44,49-56,89,92H,1-12,21-24,45-48H2. The van der Waals surface area contributed by atoms with Gasteiger partial charge in [-0.15, -0.1) is 0 Å². The van der Waals surface area contributed by atoms with Crippen LogP contribution in [-0.2, 0) is 25.7 Å². The van der Waals surface area contributed by atoms with Gasteiger partial charge in [0.05, 0.1) is 72.0 Å². The van der Waals surface area contributed by atoms with Gasteiger partial charge < -0.3 is 28.9 Å². The molecule has 0 fully saturated rings. The van der Waals surface area contributed by atoms with Crippen LogP contribution >= 0.6 is 0 Å². The molecule has 0 amide bonds. The van der Waals surface area contributed by atoms with Crippen LogP contribution in [0.3, 0.4) is 0 Å². The maximum Gasteiger partial charge on any atom is 0.119 e. The van der Waals surface area contributed by atoms with E-state index in [1.165, 1.54) is 0 Å². The highest BCUT2D eigenvalue weighted by molar-refractivity contribution is 6.00. The summed E-state index contributed by atoms with van der Waals surface area (Å²) < 4.78 is 26.2. The average Bonchev–Trinajstić information content (AvgIpc) is 1.62. The fourth-order valence-corrected chi connectivity index (χ4v) is 12.3. The third kappa shape index (κ3) is 17.0. The highest BCUT2D eigenvalue weighted by Crippen LogP contribution is 2.41. The first-order chi connectivity index (χ1) is 47.6. The Morgan fingerprint density at radius 2 is 0.531 bits per heavy atom. The molecule has 16 heteroatoms. The van der Waals surface area contributed by atoms with Crippen LogP contribution in [0.1, 0.15) is 123 Å². The molecule has 0 saturated heterocycles. The van der Waals surface area contributed by atoms with Crippen LogP contribution < -0.4 is 18.9 Å². The minimum atomic E-state index is 0.582. The van der Waals surface area contributed by atoms with E-state index in [1.807, 2.05) is 49.1 Å². The van der Waals surface area contributed by atoms with E-state index in [-0.39, 0.29) is 0 Å². The van der Waals surface area contributed by atoms with E-state index in [9.17, 15) is 0 Å². The summed E-state index contributed by atoms with van der Waals surface area (Å²) in [5.41, 5.74) is 18.2. The fraction of sp³-hybridized carbons (Fsp3) is 0.250. The minimum absolute atomic E-state index is 0.582. The van der Waals surface area contributed by atoms with E-state index in [4.69, 9.17) is 28.9 Å². The van der Waals surface area contributed by atoms with Gasteiger partial charge in [0.1, 0.15) is 23.0 Å². The number of benzene rings is 4. The van der Waals surface area contributed by atoms with Crippen LogP contribution in [0.2, 0.25) is 0 Å². The lowest BCUT2D eigenvalue weighted by Crippen LogP contribution is -1.99. The van der Waals surface area contributed by atoms with E-state index < -0.39 is 0 Å². The molecule has 4 aromatic carbocycles. The molecule has 2 aliphatic heterocycles. The Balaban J connectivity index is 0.896. The zero-order valence-corrected chi connectivity index (χ0v) is 54.0. The van der Waals surface area contributed by atoms with Crippen molar-refractivity contribution in [3.8, 4) is 67.5 Å². The van der Waals surface area contributed by atoms with Crippen molar-refractivity contribution in [2.24, 2.45) is 0 Å². The maximum atomic E-state index is 6.54. The Bertz CT molecular complexity index is 4010. The molecule has 13 rings (SSSR count). The Hall–Kier alpha value is -11.0. The SMILES string of the molecule is C1=Cc2nc1c(-c1cccc(OCCCCCc3cnccn3)c1)c1ccc([nH]1)c(-c1cccc(OCCCCCc3cnccn3)c1)c1nc(c(-c3cccc(OCCCCCc4cnccn4)c3)c3ccc([nH]3)c2-c2cccc(OCCCCCc3cnccn3)c2)C=C1. The van der Waals surface area contributed by atoms with E-state index in [0.717, 1.165) is 238 Å². The molecule has 8 bridgehead atoms. The third-order valence-electron chi connectivity index (χ3n) is 17.1. The molecule has 0 aliphatic carbocycles. The molecule has 482 valence electrons. The Kier molecular flexibility index (Phi) is 21.7. The van der Waals surface area contributed by atoms with Gasteiger partial charge >= 0.3 is 0 Å². The number of unbranched alkanes of at least 4 members (excludes halogenated alkanes) is 8. The predicted octanol–water partition coefficient (Wildman–Crippen LogP) is 17.7. The molecule has 16 nitrogen and oxygen atoms in total. The van der Waals surface area contributed by atoms with Gasteiger partial charge in [0.25, 0.3) is 0 Å². The van der Waals surface area contributed by atoms with Crippen LogP contribution in [0.4, 0.5) is 0 Å². The molecular formula is C80H78N12O4.